The number of aryl methyl sites for hydroxylation is 1. The number of carbonyl (C=O) groups excluding carboxylic acids is 1. The summed E-state index contributed by atoms with van der Waals surface area (Å²) in [6.07, 6.45) is -3.97. The van der Waals surface area contributed by atoms with E-state index < -0.39 is 52.4 Å². The molecule has 0 fully saturated rings. The van der Waals surface area contributed by atoms with Crippen LogP contribution in [0.3, 0.4) is 0 Å². The number of aromatic nitrogens is 1. The number of hydrogen-bond donors (Lipinski definition) is 1. The molecule has 0 aliphatic heterocycles. The van der Waals surface area contributed by atoms with Crippen molar-refractivity contribution in [2.75, 3.05) is 12.8 Å². The van der Waals surface area contributed by atoms with Gasteiger partial charge < -0.3 is 19.8 Å². The molecule has 2 aromatic carbocycles. The molecule has 172 valence electrons. The Bertz CT molecular complexity index is 1290. The molecule has 1 heterocycles. The molecule has 0 saturated carbocycles. The van der Waals surface area contributed by atoms with Crippen LogP contribution in [0.2, 0.25) is 0 Å². The average molecular weight is 469 g/mol. The van der Waals surface area contributed by atoms with E-state index >= 15 is 0 Å². The van der Waals surface area contributed by atoms with E-state index in [9.17, 15) is 36.4 Å². The molecule has 0 bridgehead atoms. The van der Waals surface area contributed by atoms with Crippen molar-refractivity contribution in [3.8, 4) is 23.3 Å². The van der Waals surface area contributed by atoms with E-state index in [0.29, 0.717) is 0 Å². The van der Waals surface area contributed by atoms with Crippen LogP contribution >= 0.6 is 0 Å². The molecule has 0 atom stereocenters. The summed E-state index contributed by atoms with van der Waals surface area (Å²) in [6.45, 7) is 1.29. The summed E-state index contributed by atoms with van der Waals surface area (Å²) in [5.74, 6) is -6.84. The molecule has 12 heteroatoms. The van der Waals surface area contributed by atoms with Gasteiger partial charge in [-0.1, -0.05) is 0 Å². The highest BCUT2D eigenvalue weighted by atomic mass is 19.4. The van der Waals surface area contributed by atoms with Gasteiger partial charge in [-0.25, -0.2) is 18.0 Å². The van der Waals surface area contributed by atoms with Gasteiger partial charge in [0.15, 0.2) is 28.8 Å². The number of benzene rings is 2. The zero-order valence-electron chi connectivity index (χ0n) is 16.9. The number of nitrogens with two attached hydrogens (primary N) is 1. The summed E-state index contributed by atoms with van der Waals surface area (Å²) in [5.41, 5.74) is 2.92. The molecule has 0 amide bonds. The number of esters is 1. The first-order chi connectivity index (χ1) is 15.4. The number of nitriles is 1. The van der Waals surface area contributed by atoms with Crippen LogP contribution in [0.5, 0.6) is 11.5 Å². The fourth-order valence-electron chi connectivity index (χ4n) is 2.95. The number of methoxy groups -OCH3 is 1. The third-order valence-electron chi connectivity index (χ3n) is 4.58. The van der Waals surface area contributed by atoms with E-state index in [1.807, 2.05) is 0 Å². The fourth-order valence-corrected chi connectivity index (χ4v) is 2.95. The minimum absolute atomic E-state index is 0.0375. The Hall–Kier alpha value is -4.14. The Balaban J connectivity index is 2.24. The summed E-state index contributed by atoms with van der Waals surface area (Å²) in [5, 5.41) is 9.23. The number of nitrogen functional groups attached to an aromatic ring is 1. The van der Waals surface area contributed by atoms with Gasteiger partial charge in [0.25, 0.3) is 0 Å². The largest absolute Gasteiger partial charge is 0.464 e. The molecule has 0 radical (unpaired) electrons. The molecule has 0 spiro atoms. The molecule has 0 saturated heterocycles. The lowest BCUT2D eigenvalue weighted by Gasteiger charge is -2.17. The molecule has 3 rings (SSSR count). The van der Waals surface area contributed by atoms with E-state index in [1.54, 1.807) is 6.07 Å². The van der Waals surface area contributed by atoms with Crippen LogP contribution in [0.1, 0.15) is 27.2 Å². The standard InChI is InChI=1S/C21H13F6N3O3/c1-9-3-16(33-19-13(23)4-11(5-14(19)24)21(25,26)27)15(6-12(9)22)30-8-10(7-28)17(29)18(30)20(31)32-2/h3-6,8H,29H2,1-2H3. The van der Waals surface area contributed by atoms with Gasteiger partial charge in [0.2, 0.25) is 0 Å². The minimum atomic E-state index is -5.01. The Labute approximate surface area is 182 Å². The average Bonchev–Trinajstić information content (AvgIpc) is 3.07. The number of nitrogens with zero attached hydrogens (tertiary/aromatic N) is 2. The van der Waals surface area contributed by atoms with Crippen molar-refractivity contribution in [2.24, 2.45) is 0 Å². The van der Waals surface area contributed by atoms with Crippen LogP contribution in [0.15, 0.2) is 30.5 Å². The summed E-state index contributed by atoms with van der Waals surface area (Å²) in [6, 6.07) is 3.63. The third kappa shape index (κ3) is 4.30. The second-order valence-corrected chi connectivity index (χ2v) is 6.72. The topological polar surface area (TPSA) is 90.3 Å². The monoisotopic (exact) mass is 469 g/mol. The van der Waals surface area contributed by atoms with Crippen molar-refractivity contribution in [1.82, 2.24) is 4.57 Å². The lowest BCUT2D eigenvalue weighted by atomic mass is 10.1. The summed E-state index contributed by atoms with van der Waals surface area (Å²) < 4.78 is 92.2. The first-order valence-corrected chi connectivity index (χ1v) is 8.92. The molecular weight excluding hydrogens is 456 g/mol. The van der Waals surface area contributed by atoms with Gasteiger partial charge in [-0.2, -0.15) is 18.4 Å². The SMILES string of the molecule is COC(=O)c1c(N)c(C#N)cn1-c1cc(F)c(C)cc1Oc1c(F)cc(C(F)(F)F)cc1F. The van der Waals surface area contributed by atoms with Gasteiger partial charge in [-0.3, -0.25) is 0 Å². The lowest BCUT2D eigenvalue weighted by Crippen LogP contribution is -2.12. The summed E-state index contributed by atoms with van der Waals surface area (Å²) in [4.78, 5) is 12.2. The highest BCUT2D eigenvalue weighted by Crippen LogP contribution is 2.39. The van der Waals surface area contributed by atoms with Crippen molar-refractivity contribution in [2.45, 2.75) is 13.1 Å². The first kappa shape index (κ1) is 23.5. The van der Waals surface area contributed by atoms with Gasteiger partial charge in [-0.05, 0) is 30.7 Å². The normalized spacial score (nSPS) is 11.2. The van der Waals surface area contributed by atoms with Crippen LogP contribution in [-0.2, 0) is 10.9 Å². The molecule has 0 aliphatic rings. The van der Waals surface area contributed by atoms with Crippen LogP contribution in [0, 0.1) is 35.7 Å². The van der Waals surface area contributed by atoms with Gasteiger partial charge >= 0.3 is 12.1 Å². The zero-order valence-corrected chi connectivity index (χ0v) is 16.9. The molecule has 2 N–H and O–H groups in total. The third-order valence-corrected chi connectivity index (χ3v) is 4.58. The van der Waals surface area contributed by atoms with Crippen LogP contribution in [0.4, 0.5) is 32.0 Å². The second-order valence-electron chi connectivity index (χ2n) is 6.72. The van der Waals surface area contributed by atoms with E-state index in [2.05, 4.69) is 4.74 Å². The molecule has 0 unspecified atom stereocenters. The molecular formula is C21H13F6N3O3. The van der Waals surface area contributed by atoms with Crippen molar-refractivity contribution in [3.05, 3.63) is 70.3 Å². The number of rotatable bonds is 4. The predicted molar refractivity (Wildman–Crippen MR) is 102 cm³/mol. The quantitative estimate of drug-likeness (QED) is 0.416. The number of halogens is 6. The number of ether oxygens (including phenoxy) is 2. The maximum absolute atomic E-state index is 14.4. The van der Waals surface area contributed by atoms with Gasteiger partial charge in [0.05, 0.1) is 29.6 Å². The predicted octanol–water partition coefficient (Wildman–Crippen LogP) is 5.25. The maximum Gasteiger partial charge on any atom is 0.416 e. The Morgan fingerprint density at radius 3 is 2.21 bits per heavy atom. The number of alkyl halides is 3. The minimum Gasteiger partial charge on any atom is -0.464 e. The Morgan fingerprint density at radius 1 is 1.09 bits per heavy atom. The number of hydrogen-bond acceptors (Lipinski definition) is 5. The molecule has 0 aliphatic carbocycles. The molecule has 33 heavy (non-hydrogen) atoms. The first-order valence-electron chi connectivity index (χ1n) is 8.92. The highest BCUT2D eigenvalue weighted by molar-refractivity contribution is 5.96. The van der Waals surface area contributed by atoms with Crippen LogP contribution < -0.4 is 10.5 Å². The Kier molecular flexibility index (Phi) is 6.00. The van der Waals surface area contributed by atoms with Gasteiger partial charge in [0.1, 0.15) is 11.9 Å². The fraction of sp³-hybridized carbons (Fsp3) is 0.143. The highest BCUT2D eigenvalue weighted by Gasteiger charge is 2.33. The van der Waals surface area contributed by atoms with Gasteiger partial charge in [0, 0.05) is 12.3 Å². The second kappa shape index (κ2) is 8.42. The van der Waals surface area contributed by atoms with Crippen molar-refractivity contribution >= 4 is 11.7 Å². The summed E-state index contributed by atoms with van der Waals surface area (Å²) >= 11 is 0. The van der Waals surface area contributed by atoms with Crippen LogP contribution in [0.25, 0.3) is 5.69 Å². The number of carbonyl (C=O) groups is 1. The van der Waals surface area contributed by atoms with Crippen LogP contribution in [-0.4, -0.2) is 17.6 Å². The lowest BCUT2D eigenvalue weighted by molar-refractivity contribution is -0.138. The van der Waals surface area contributed by atoms with Gasteiger partial charge in [-0.15, -0.1) is 0 Å². The molecule has 3 aromatic rings. The van der Waals surface area contributed by atoms with Crippen molar-refractivity contribution in [3.63, 3.8) is 0 Å². The smallest absolute Gasteiger partial charge is 0.416 e. The van der Waals surface area contributed by atoms with Crippen molar-refractivity contribution < 1.29 is 40.6 Å². The molecule has 6 nitrogen and oxygen atoms in total. The Morgan fingerprint density at radius 2 is 1.70 bits per heavy atom. The summed E-state index contributed by atoms with van der Waals surface area (Å²) in [7, 11) is 1.02. The van der Waals surface area contributed by atoms with E-state index in [4.69, 9.17) is 10.5 Å². The maximum atomic E-state index is 14.4. The van der Waals surface area contributed by atoms with E-state index in [1.165, 1.54) is 6.92 Å². The van der Waals surface area contributed by atoms with E-state index in [-0.39, 0.29) is 34.6 Å². The molecule has 1 aromatic heterocycles. The van der Waals surface area contributed by atoms with Crippen molar-refractivity contribution in [1.29, 1.82) is 5.26 Å². The zero-order chi connectivity index (χ0) is 24.7. The van der Waals surface area contributed by atoms with E-state index in [0.717, 1.165) is 30.0 Å². The number of anilines is 1.